The molecule has 2 aromatic carbocycles. The molecule has 1 atom stereocenters. The first-order chi connectivity index (χ1) is 8.91. The molecule has 0 spiro atoms. The molecule has 0 saturated heterocycles. The first-order valence-corrected chi connectivity index (χ1v) is 6.18. The first-order valence-electron chi connectivity index (χ1n) is 5.80. The van der Waals surface area contributed by atoms with E-state index in [0.717, 1.165) is 5.56 Å². The van der Waals surface area contributed by atoms with Gasteiger partial charge in [-0.05, 0) is 42.7 Å². The summed E-state index contributed by atoms with van der Waals surface area (Å²) < 4.78 is 27.4. The lowest BCUT2D eigenvalue weighted by Crippen LogP contribution is -2.07. The molecular formula is C15H13ClF2O. The van der Waals surface area contributed by atoms with E-state index in [4.69, 9.17) is 11.6 Å². The second-order valence-corrected chi connectivity index (χ2v) is 4.94. The summed E-state index contributed by atoms with van der Waals surface area (Å²) in [6, 6.07) is 7.79. The topological polar surface area (TPSA) is 20.2 Å². The molecule has 0 saturated carbocycles. The molecule has 0 aliphatic rings. The quantitative estimate of drug-likeness (QED) is 0.870. The molecule has 1 nitrogen and oxygen atoms in total. The van der Waals surface area contributed by atoms with Crippen molar-refractivity contribution in [3.63, 3.8) is 0 Å². The molecule has 4 heteroatoms. The third kappa shape index (κ3) is 2.62. The Morgan fingerprint density at radius 1 is 0.947 bits per heavy atom. The highest BCUT2D eigenvalue weighted by Crippen LogP contribution is 2.30. The van der Waals surface area contributed by atoms with E-state index in [1.165, 1.54) is 19.1 Å². The first kappa shape index (κ1) is 14.0. The summed E-state index contributed by atoms with van der Waals surface area (Å²) in [6.45, 7) is 3.25. The zero-order chi connectivity index (χ0) is 14.2. The highest BCUT2D eigenvalue weighted by Gasteiger charge is 2.20. The van der Waals surface area contributed by atoms with Gasteiger partial charge in [0.15, 0.2) is 11.6 Å². The Kier molecular flexibility index (Phi) is 3.88. The summed E-state index contributed by atoms with van der Waals surface area (Å²) in [4.78, 5) is 0. The van der Waals surface area contributed by atoms with E-state index in [1.807, 2.05) is 0 Å². The van der Waals surface area contributed by atoms with Gasteiger partial charge < -0.3 is 5.11 Å². The normalized spacial score (nSPS) is 12.5. The molecular weight excluding hydrogens is 270 g/mol. The van der Waals surface area contributed by atoms with E-state index in [0.29, 0.717) is 10.6 Å². The van der Waals surface area contributed by atoms with Crippen molar-refractivity contribution in [2.24, 2.45) is 0 Å². The van der Waals surface area contributed by atoms with Gasteiger partial charge >= 0.3 is 0 Å². The van der Waals surface area contributed by atoms with Crippen molar-refractivity contribution in [2.75, 3.05) is 0 Å². The molecule has 0 aliphatic heterocycles. The summed E-state index contributed by atoms with van der Waals surface area (Å²) in [7, 11) is 0. The van der Waals surface area contributed by atoms with Crippen LogP contribution in [-0.2, 0) is 0 Å². The molecule has 0 aliphatic carbocycles. The average Bonchev–Trinajstić information content (AvgIpc) is 2.38. The van der Waals surface area contributed by atoms with Crippen LogP contribution in [0.4, 0.5) is 8.78 Å². The molecule has 2 aromatic rings. The number of rotatable bonds is 2. The fourth-order valence-corrected chi connectivity index (χ4v) is 2.13. The van der Waals surface area contributed by atoms with Crippen LogP contribution in [0.5, 0.6) is 0 Å². The van der Waals surface area contributed by atoms with Crippen molar-refractivity contribution >= 4 is 11.6 Å². The lowest BCUT2D eigenvalue weighted by Gasteiger charge is -2.16. The van der Waals surface area contributed by atoms with Crippen molar-refractivity contribution in [2.45, 2.75) is 20.0 Å². The van der Waals surface area contributed by atoms with Crippen LogP contribution in [0.25, 0.3) is 0 Å². The van der Waals surface area contributed by atoms with E-state index in [-0.39, 0.29) is 11.1 Å². The fourth-order valence-electron chi connectivity index (χ4n) is 1.95. The van der Waals surface area contributed by atoms with Crippen molar-refractivity contribution in [3.8, 4) is 0 Å². The standard InChI is InChI=1S/C15H13ClF2O/c1-8-3-5-10(16)7-12(8)15(19)11-6-4-9(2)13(17)14(11)18/h3-7,15,19H,1-2H3. The average molecular weight is 283 g/mol. The highest BCUT2D eigenvalue weighted by atomic mass is 35.5. The lowest BCUT2D eigenvalue weighted by atomic mass is 9.96. The predicted molar refractivity (Wildman–Crippen MR) is 71.3 cm³/mol. The monoisotopic (exact) mass is 282 g/mol. The number of halogens is 3. The summed E-state index contributed by atoms with van der Waals surface area (Å²) in [6.07, 6.45) is -1.24. The van der Waals surface area contributed by atoms with Crippen LogP contribution in [0, 0.1) is 25.5 Å². The van der Waals surface area contributed by atoms with Gasteiger partial charge in [-0.1, -0.05) is 29.8 Å². The van der Waals surface area contributed by atoms with Crippen molar-refractivity contribution < 1.29 is 13.9 Å². The minimum Gasteiger partial charge on any atom is -0.384 e. The molecule has 2 rings (SSSR count). The second kappa shape index (κ2) is 5.27. The molecule has 0 radical (unpaired) electrons. The Morgan fingerprint density at radius 2 is 1.58 bits per heavy atom. The number of aryl methyl sites for hydroxylation is 2. The van der Waals surface area contributed by atoms with Crippen LogP contribution < -0.4 is 0 Å². The Morgan fingerprint density at radius 3 is 2.26 bits per heavy atom. The molecule has 19 heavy (non-hydrogen) atoms. The van der Waals surface area contributed by atoms with Crippen LogP contribution >= 0.6 is 11.6 Å². The Bertz CT molecular complexity index is 626. The van der Waals surface area contributed by atoms with E-state index < -0.39 is 17.7 Å². The van der Waals surface area contributed by atoms with Crippen LogP contribution in [0.2, 0.25) is 5.02 Å². The summed E-state index contributed by atoms with van der Waals surface area (Å²) >= 11 is 5.87. The maximum atomic E-state index is 13.9. The lowest BCUT2D eigenvalue weighted by molar-refractivity contribution is 0.212. The van der Waals surface area contributed by atoms with Crippen molar-refractivity contribution in [1.82, 2.24) is 0 Å². The summed E-state index contributed by atoms with van der Waals surface area (Å²) in [5.74, 6) is -1.96. The largest absolute Gasteiger partial charge is 0.384 e. The number of hydrogen-bond donors (Lipinski definition) is 1. The SMILES string of the molecule is Cc1ccc(Cl)cc1C(O)c1ccc(C)c(F)c1F. The van der Waals surface area contributed by atoms with Crippen LogP contribution in [0.1, 0.15) is 28.4 Å². The van der Waals surface area contributed by atoms with Gasteiger partial charge in [0.25, 0.3) is 0 Å². The maximum Gasteiger partial charge on any atom is 0.165 e. The maximum absolute atomic E-state index is 13.9. The molecule has 1 N–H and O–H groups in total. The highest BCUT2D eigenvalue weighted by molar-refractivity contribution is 6.30. The zero-order valence-corrected chi connectivity index (χ0v) is 11.3. The summed E-state index contributed by atoms with van der Waals surface area (Å²) in [5.41, 5.74) is 1.34. The molecule has 0 heterocycles. The third-order valence-corrected chi connectivity index (χ3v) is 3.37. The fraction of sp³-hybridized carbons (Fsp3) is 0.200. The van der Waals surface area contributed by atoms with Crippen LogP contribution in [0.15, 0.2) is 30.3 Å². The molecule has 1 unspecified atom stereocenters. The van der Waals surface area contributed by atoms with E-state index in [1.54, 1.807) is 25.1 Å². The second-order valence-electron chi connectivity index (χ2n) is 4.50. The smallest absolute Gasteiger partial charge is 0.165 e. The van der Waals surface area contributed by atoms with Crippen LogP contribution in [0.3, 0.4) is 0 Å². The van der Waals surface area contributed by atoms with Gasteiger partial charge in [-0.15, -0.1) is 0 Å². The minimum atomic E-state index is -1.24. The van der Waals surface area contributed by atoms with Gasteiger partial charge in [0.2, 0.25) is 0 Å². The van der Waals surface area contributed by atoms with Gasteiger partial charge in [0, 0.05) is 10.6 Å². The number of aliphatic hydroxyl groups is 1. The Balaban J connectivity index is 2.53. The molecule has 0 bridgehead atoms. The molecule has 0 amide bonds. The molecule has 0 fully saturated rings. The van der Waals surface area contributed by atoms with Crippen molar-refractivity contribution in [3.05, 3.63) is 69.2 Å². The van der Waals surface area contributed by atoms with E-state index in [9.17, 15) is 13.9 Å². The number of benzene rings is 2. The van der Waals surface area contributed by atoms with E-state index >= 15 is 0 Å². The molecule has 0 aromatic heterocycles. The van der Waals surface area contributed by atoms with Gasteiger partial charge in [-0.2, -0.15) is 0 Å². The van der Waals surface area contributed by atoms with Crippen LogP contribution in [-0.4, -0.2) is 5.11 Å². The summed E-state index contributed by atoms with van der Waals surface area (Å²) in [5, 5.41) is 10.7. The van der Waals surface area contributed by atoms with Gasteiger partial charge in [-0.25, -0.2) is 8.78 Å². The number of hydrogen-bond acceptors (Lipinski definition) is 1. The Labute approximate surface area is 115 Å². The Hall–Kier alpha value is -1.45. The van der Waals surface area contributed by atoms with Gasteiger partial charge in [-0.3, -0.25) is 0 Å². The van der Waals surface area contributed by atoms with Gasteiger partial charge in [0.1, 0.15) is 6.10 Å². The van der Waals surface area contributed by atoms with Gasteiger partial charge in [0.05, 0.1) is 0 Å². The van der Waals surface area contributed by atoms with E-state index in [2.05, 4.69) is 0 Å². The number of aliphatic hydroxyl groups excluding tert-OH is 1. The third-order valence-electron chi connectivity index (χ3n) is 3.14. The minimum absolute atomic E-state index is 0.0894. The van der Waals surface area contributed by atoms with Crippen molar-refractivity contribution in [1.29, 1.82) is 0 Å². The zero-order valence-electron chi connectivity index (χ0n) is 10.5. The predicted octanol–water partition coefficient (Wildman–Crippen LogP) is 4.32. The molecule has 100 valence electrons.